The Kier molecular flexibility index (Phi) is 6.52. The van der Waals surface area contributed by atoms with Crippen molar-refractivity contribution in [1.82, 2.24) is 15.3 Å². The van der Waals surface area contributed by atoms with E-state index >= 15 is 0 Å². The predicted octanol–water partition coefficient (Wildman–Crippen LogP) is 3.40. The lowest BCUT2D eigenvalue weighted by Crippen LogP contribution is -2.26. The lowest BCUT2D eigenvalue weighted by molar-refractivity contribution is 0.0948. The van der Waals surface area contributed by atoms with E-state index in [1.165, 1.54) is 13.3 Å². The fourth-order valence-electron chi connectivity index (χ4n) is 2.69. The topological polar surface area (TPSA) is 93.2 Å². The van der Waals surface area contributed by atoms with Crippen LogP contribution in [0.4, 0.5) is 11.5 Å². The molecule has 0 unspecified atom stereocenters. The number of rotatable bonds is 8. The molecule has 3 rings (SSSR count). The van der Waals surface area contributed by atoms with Gasteiger partial charge in [-0.2, -0.15) is 0 Å². The van der Waals surface area contributed by atoms with Crippen LogP contribution in [0.5, 0.6) is 5.75 Å². The van der Waals surface area contributed by atoms with Gasteiger partial charge in [0.2, 0.25) is 0 Å². The second-order valence-electron chi connectivity index (χ2n) is 6.40. The molecule has 148 valence electrons. The lowest BCUT2D eigenvalue weighted by Gasteiger charge is -2.08. The van der Waals surface area contributed by atoms with E-state index in [4.69, 9.17) is 4.74 Å². The van der Waals surface area contributed by atoms with Crippen LogP contribution in [0.3, 0.4) is 0 Å². The van der Waals surface area contributed by atoms with Gasteiger partial charge in [-0.3, -0.25) is 9.59 Å². The van der Waals surface area contributed by atoms with Crippen LogP contribution in [0, 0.1) is 0 Å². The Morgan fingerprint density at radius 2 is 1.72 bits per heavy atom. The zero-order chi connectivity index (χ0) is 20.6. The molecule has 2 aromatic carbocycles. The standard InChI is InChI=1S/C22H22N4O3/c1-15(27)17-5-7-18(8-6-17)26-21-13-20(24-14-25-21)22(28)23-12-11-16-3-9-19(29-2)10-4-16/h3-10,13-14H,11-12H2,1-2H3,(H,23,28)(H,24,25,26). The Labute approximate surface area is 169 Å². The van der Waals surface area contributed by atoms with Crippen LogP contribution in [-0.2, 0) is 6.42 Å². The Balaban J connectivity index is 1.56. The molecule has 0 aliphatic carbocycles. The van der Waals surface area contributed by atoms with Crippen LogP contribution in [0.25, 0.3) is 0 Å². The molecule has 0 aliphatic heterocycles. The maximum absolute atomic E-state index is 12.4. The Hall–Kier alpha value is -3.74. The summed E-state index contributed by atoms with van der Waals surface area (Å²) in [4.78, 5) is 31.9. The minimum Gasteiger partial charge on any atom is -0.497 e. The van der Waals surface area contributed by atoms with Gasteiger partial charge in [0.05, 0.1) is 7.11 Å². The van der Waals surface area contributed by atoms with Crippen molar-refractivity contribution >= 4 is 23.2 Å². The maximum atomic E-state index is 12.4. The molecular formula is C22H22N4O3. The predicted molar refractivity (Wildman–Crippen MR) is 111 cm³/mol. The number of benzene rings is 2. The van der Waals surface area contributed by atoms with Gasteiger partial charge in [0.1, 0.15) is 23.6 Å². The molecule has 1 heterocycles. The summed E-state index contributed by atoms with van der Waals surface area (Å²) in [7, 11) is 1.63. The van der Waals surface area contributed by atoms with Crippen molar-refractivity contribution in [3.63, 3.8) is 0 Å². The fourth-order valence-corrected chi connectivity index (χ4v) is 2.69. The van der Waals surface area contributed by atoms with Crippen LogP contribution in [0.2, 0.25) is 0 Å². The Morgan fingerprint density at radius 3 is 2.38 bits per heavy atom. The van der Waals surface area contributed by atoms with Crippen LogP contribution in [0.1, 0.15) is 33.3 Å². The number of hydrogen-bond donors (Lipinski definition) is 2. The Morgan fingerprint density at radius 1 is 1.00 bits per heavy atom. The van der Waals surface area contributed by atoms with E-state index in [2.05, 4.69) is 20.6 Å². The van der Waals surface area contributed by atoms with Crippen molar-refractivity contribution in [1.29, 1.82) is 0 Å². The molecule has 0 saturated carbocycles. The van der Waals surface area contributed by atoms with Gasteiger partial charge < -0.3 is 15.4 Å². The Bertz CT molecular complexity index is 986. The number of aromatic nitrogens is 2. The third kappa shape index (κ3) is 5.62. The highest BCUT2D eigenvalue weighted by atomic mass is 16.5. The van der Waals surface area contributed by atoms with E-state index in [1.54, 1.807) is 37.4 Å². The van der Waals surface area contributed by atoms with Crippen molar-refractivity contribution in [2.75, 3.05) is 19.0 Å². The lowest BCUT2D eigenvalue weighted by atomic mass is 10.1. The minimum atomic E-state index is -0.268. The zero-order valence-electron chi connectivity index (χ0n) is 16.3. The average Bonchev–Trinajstić information content (AvgIpc) is 2.75. The van der Waals surface area contributed by atoms with E-state index in [0.29, 0.717) is 24.3 Å². The van der Waals surface area contributed by atoms with Crippen LogP contribution in [-0.4, -0.2) is 35.3 Å². The van der Waals surface area contributed by atoms with Gasteiger partial charge in [-0.05, 0) is 55.3 Å². The SMILES string of the molecule is COc1ccc(CCNC(=O)c2cc(Nc3ccc(C(C)=O)cc3)ncn2)cc1. The summed E-state index contributed by atoms with van der Waals surface area (Å²) in [5, 5.41) is 5.97. The molecule has 7 nitrogen and oxygen atoms in total. The summed E-state index contributed by atoms with van der Waals surface area (Å²) in [5.41, 5.74) is 2.78. The summed E-state index contributed by atoms with van der Waals surface area (Å²) >= 11 is 0. The molecule has 0 bridgehead atoms. The number of anilines is 2. The van der Waals surface area contributed by atoms with Gasteiger partial charge in [-0.1, -0.05) is 12.1 Å². The molecule has 7 heteroatoms. The van der Waals surface area contributed by atoms with Gasteiger partial charge in [-0.25, -0.2) is 9.97 Å². The van der Waals surface area contributed by atoms with Crippen molar-refractivity contribution in [2.45, 2.75) is 13.3 Å². The number of ketones is 1. The van der Waals surface area contributed by atoms with Crippen molar-refractivity contribution in [3.8, 4) is 5.75 Å². The molecule has 0 atom stereocenters. The number of carbonyl (C=O) groups excluding carboxylic acids is 2. The van der Waals surface area contributed by atoms with Crippen molar-refractivity contribution in [3.05, 3.63) is 77.7 Å². The number of Topliss-reactive ketones (excluding diaryl/α,β-unsaturated/α-hetero) is 1. The first-order chi connectivity index (χ1) is 14.0. The second kappa shape index (κ2) is 9.45. The number of methoxy groups -OCH3 is 1. The van der Waals surface area contributed by atoms with Gasteiger partial charge >= 0.3 is 0 Å². The number of ether oxygens (including phenoxy) is 1. The van der Waals surface area contributed by atoms with Crippen molar-refractivity contribution < 1.29 is 14.3 Å². The smallest absolute Gasteiger partial charge is 0.270 e. The number of nitrogens with one attached hydrogen (secondary N) is 2. The van der Waals surface area contributed by atoms with Gasteiger partial charge in [0.15, 0.2) is 5.78 Å². The quantitative estimate of drug-likeness (QED) is 0.573. The summed E-state index contributed by atoms with van der Waals surface area (Å²) in [5.74, 6) is 1.04. The highest BCUT2D eigenvalue weighted by Gasteiger charge is 2.09. The molecule has 29 heavy (non-hydrogen) atoms. The van der Waals surface area contributed by atoms with Crippen LogP contribution < -0.4 is 15.4 Å². The number of amides is 1. The number of hydrogen-bond acceptors (Lipinski definition) is 6. The van der Waals surface area contributed by atoms with Gasteiger partial charge in [-0.15, -0.1) is 0 Å². The summed E-state index contributed by atoms with van der Waals surface area (Å²) in [6, 6.07) is 16.3. The fraction of sp³-hybridized carbons (Fsp3) is 0.182. The molecule has 1 aromatic heterocycles. The maximum Gasteiger partial charge on any atom is 0.270 e. The third-order valence-corrected chi connectivity index (χ3v) is 4.32. The average molecular weight is 390 g/mol. The first kappa shape index (κ1) is 20.0. The molecule has 3 aromatic rings. The highest BCUT2D eigenvalue weighted by molar-refractivity contribution is 5.94. The van der Waals surface area contributed by atoms with Gasteiger partial charge in [0.25, 0.3) is 5.91 Å². The van der Waals surface area contributed by atoms with Crippen LogP contribution in [0.15, 0.2) is 60.9 Å². The second-order valence-corrected chi connectivity index (χ2v) is 6.40. The van der Waals surface area contributed by atoms with E-state index < -0.39 is 0 Å². The molecule has 0 fully saturated rings. The molecule has 2 N–H and O–H groups in total. The minimum absolute atomic E-state index is 0.00665. The number of carbonyl (C=O) groups is 2. The normalized spacial score (nSPS) is 10.3. The molecule has 0 spiro atoms. The third-order valence-electron chi connectivity index (χ3n) is 4.32. The molecular weight excluding hydrogens is 368 g/mol. The van der Waals surface area contributed by atoms with Gasteiger partial charge in [0, 0.05) is 23.9 Å². The number of nitrogens with zero attached hydrogens (tertiary/aromatic N) is 2. The summed E-state index contributed by atoms with van der Waals surface area (Å²) in [6.07, 6.45) is 2.04. The molecule has 0 saturated heterocycles. The van der Waals surface area contributed by atoms with E-state index in [9.17, 15) is 9.59 Å². The molecule has 0 aliphatic rings. The highest BCUT2D eigenvalue weighted by Crippen LogP contribution is 2.16. The monoisotopic (exact) mass is 390 g/mol. The van der Waals surface area contributed by atoms with E-state index in [0.717, 1.165) is 17.0 Å². The summed E-state index contributed by atoms with van der Waals surface area (Å²) in [6.45, 7) is 2.01. The molecule has 0 radical (unpaired) electrons. The van der Waals surface area contributed by atoms with E-state index in [1.807, 2.05) is 24.3 Å². The largest absolute Gasteiger partial charge is 0.497 e. The van der Waals surface area contributed by atoms with E-state index in [-0.39, 0.29) is 17.4 Å². The first-order valence-electron chi connectivity index (χ1n) is 9.16. The first-order valence-corrected chi connectivity index (χ1v) is 9.16. The van der Waals surface area contributed by atoms with Crippen LogP contribution >= 0.6 is 0 Å². The molecule has 1 amide bonds. The summed E-state index contributed by atoms with van der Waals surface area (Å²) < 4.78 is 5.13. The van der Waals surface area contributed by atoms with Crippen molar-refractivity contribution in [2.24, 2.45) is 0 Å². The zero-order valence-corrected chi connectivity index (χ0v) is 16.3.